The summed E-state index contributed by atoms with van der Waals surface area (Å²) in [5, 5.41) is 23.9. The van der Waals surface area contributed by atoms with E-state index in [0.29, 0.717) is 13.0 Å². The zero-order valence-electron chi connectivity index (χ0n) is 16.4. The molecule has 0 bridgehead atoms. The Bertz CT molecular complexity index is 585. The number of carbonyl (C=O) groups is 1. The van der Waals surface area contributed by atoms with Crippen molar-refractivity contribution in [3.8, 4) is 0 Å². The number of amides is 1. The van der Waals surface area contributed by atoms with Crippen LogP contribution < -0.4 is 0 Å². The van der Waals surface area contributed by atoms with Gasteiger partial charge in [-0.3, -0.25) is 4.79 Å². The van der Waals surface area contributed by atoms with Crippen molar-refractivity contribution in [2.45, 2.75) is 83.3 Å². The third kappa shape index (κ3) is 8.03. The van der Waals surface area contributed by atoms with Crippen LogP contribution in [0.3, 0.4) is 0 Å². The van der Waals surface area contributed by atoms with E-state index in [2.05, 4.69) is 39.7 Å². The van der Waals surface area contributed by atoms with E-state index >= 15 is 0 Å². The molecule has 27 heavy (non-hydrogen) atoms. The predicted octanol–water partition coefficient (Wildman–Crippen LogP) is 2.96. The van der Waals surface area contributed by atoms with Gasteiger partial charge >= 0.3 is 0 Å². The van der Waals surface area contributed by atoms with Gasteiger partial charge in [0, 0.05) is 19.4 Å². The van der Waals surface area contributed by atoms with Crippen LogP contribution in [0.25, 0.3) is 0 Å². The molecule has 2 N–H and O–H groups in total. The number of nitrogens with one attached hydrogen (secondary N) is 1. The molecule has 1 aliphatic rings. The molecule has 1 aliphatic heterocycles. The van der Waals surface area contributed by atoms with Crippen molar-refractivity contribution >= 4 is 5.91 Å². The third-order valence-corrected chi connectivity index (χ3v) is 4.90. The molecule has 2 heterocycles. The van der Waals surface area contributed by atoms with Gasteiger partial charge in [0.05, 0.1) is 12.1 Å². The molecular formula is C20H33N5O2. The summed E-state index contributed by atoms with van der Waals surface area (Å²) in [4.78, 5) is 14.2. The lowest BCUT2D eigenvalue weighted by Gasteiger charge is -2.33. The average molecular weight is 376 g/mol. The number of aryl methyl sites for hydroxylation is 1. The molecule has 1 saturated heterocycles. The largest absolute Gasteiger partial charge is 0.389 e. The predicted molar refractivity (Wildman–Crippen MR) is 105 cm³/mol. The molecule has 0 aliphatic carbocycles. The number of tetrazole rings is 1. The number of rotatable bonds is 12. The summed E-state index contributed by atoms with van der Waals surface area (Å²) in [5.74, 6) is 0.935. The van der Waals surface area contributed by atoms with Crippen molar-refractivity contribution in [1.29, 1.82) is 0 Å². The van der Waals surface area contributed by atoms with Crippen LogP contribution in [0.5, 0.6) is 0 Å². The Morgan fingerprint density at radius 1 is 1.33 bits per heavy atom. The average Bonchev–Trinajstić information content (AvgIpc) is 3.18. The van der Waals surface area contributed by atoms with Crippen LogP contribution in [-0.2, 0) is 11.2 Å². The topological polar surface area (TPSA) is 95.0 Å². The standard InChI is InChI=1S/C20H33N5O2/c1-2-3-6-11-18(26)15-14-17-10-9-13-20(27)25(17)16-8-5-4-7-12-19-21-23-24-22-19/h5,8,14-15,17-18,26H,2-4,6-7,9-13,16H2,1H3,(H,21,22,23,24)/t17-,18?/m1/s1. The lowest BCUT2D eigenvalue weighted by molar-refractivity contribution is -0.134. The highest BCUT2D eigenvalue weighted by Crippen LogP contribution is 2.20. The van der Waals surface area contributed by atoms with Crippen LogP contribution >= 0.6 is 0 Å². The highest BCUT2D eigenvalue weighted by atomic mass is 16.3. The first-order chi connectivity index (χ1) is 13.2. The van der Waals surface area contributed by atoms with Crippen molar-refractivity contribution in [3.05, 3.63) is 30.1 Å². The number of likely N-dealkylation sites (tertiary alicyclic amines) is 1. The smallest absolute Gasteiger partial charge is 0.223 e. The molecule has 0 radical (unpaired) electrons. The number of unbranched alkanes of at least 4 members (excludes halogenated alkanes) is 3. The maximum Gasteiger partial charge on any atom is 0.223 e. The molecule has 0 saturated carbocycles. The van der Waals surface area contributed by atoms with E-state index in [-0.39, 0.29) is 11.9 Å². The number of hydrogen-bond acceptors (Lipinski definition) is 5. The number of aliphatic hydroxyl groups is 1. The molecule has 1 fully saturated rings. The molecule has 2 atom stereocenters. The van der Waals surface area contributed by atoms with E-state index < -0.39 is 6.10 Å². The minimum atomic E-state index is -0.406. The Balaban J connectivity index is 1.75. The minimum absolute atomic E-state index is 0.0936. The highest BCUT2D eigenvalue weighted by molar-refractivity contribution is 5.77. The maximum atomic E-state index is 12.3. The van der Waals surface area contributed by atoms with E-state index in [1.807, 2.05) is 17.1 Å². The van der Waals surface area contributed by atoms with Gasteiger partial charge in [0.25, 0.3) is 0 Å². The Kier molecular flexibility index (Phi) is 9.76. The van der Waals surface area contributed by atoms with Gasteiger partial charge < -0.3 is 10.0 Å². The third-order valence-electron chi connectivity index (χ3n) is 4.90. The number of H-pyrrole nitrogens is 1. The summed E-state index contributed by atoms with van der Waals surface area (Å²) in [6.45, 7) is 2.79. The number of aromatic amines is 1. The van der Waals surface area contributed by atoms with Crippen LogP contribution in [0.15, 0.2) is 24.3 Å². The van der Waals surface area contributed by atoms with Crippen LogP contribution in [0.4, 0.5) is 0 Å². The Hall–Kier alpha value is -2.02. The Morgan fingerprint density at radius 3 is 3.00 bits per heavy atom. The van der Waals surface area contributed by atoms with E-state index in [1.165, 1.54) is 0 Å². The molecule has 150 valence electrons. The van der Waals surface area contributed by atoms with Gasteiger partial charge in [-0.2, -0.15) is 5.21 Å². The fourth-order valence-electron chi connectivity index (χ4n) is 3.31. The molecule has 7 nitrogen and oxygen atoms in total. The Labute approximate surface area is 161 Å². The molecular weight excluding hydrogens is 342 g/mol. The number of piperidine rings is 1. The minimum Gasteiger partial charge on any atom is -0.389 e. The zero-order valence-corrected chi connectivity index (χ0v) is 16.4. The lowest BCUT2D eigenvalue weighted by atomic mass is 10.00. The fraction of sp³-hybridized carbons (Fsp3) is 0.700. The summed E-state index contributed by atoms with van der Waals surface area (Å²) < 4.78 is 0. The van der Waals surface area contributed by atoms with Crippen molar-refractivity contribution in [1.82, 2.24) is 25.5 Å². The maximum absolute atomic E-state index is 12.3. The fourth-order valence-corrected chi connectivity index (χ4v) is 3.31. The van der Waals surface area contributed by atoms with Crippen molar-refractivity contribution < 1.29 is 9.90 Å². The van der Waals surface area contributed by atoms with Crippen molar-refractivity contribution in [3.63, 3.8) is 0 Å². The molecule has 0 spiro atoms. The SMILES string of the molecule is CCCCCC(O)C=C[C@H]1CCCC(=O)N1CC=CCCCc1nn[nH]n1. The molecule has 2 rings (SSSR count). The highest BCUT2D eigenvalue weighted by Gasteiger charge is 2.25. The van der Waals surface area contributed by atoms with Gasteiger partial charge in [-0.15, -0.1) is 10.2 Å². The number of aliphatic hydroxyl groups excluding tert-OH is 1. The number of nitrogens with zero attached hydrogens (tertiary/aromatic N) is 4. The first-order valence-electron chi connectivity index (χ1n) is 10.2. The summed E-state index contributed by atoms with van der Waals surface area (Å²) in [6, 6.07) is 0.0936. The number of carbonyl (C=O) groups excluding carboxylic acids is 1. The number of allylic oxidation sites excluding steroid dienone is 1. The molecule has 7 heteroatoms. The van der Waals surface area contributed by atoms with Crippen molar-refractivity contribution in [2.75, 3.05) is 6.54 Å². The number of aromatic nitrogens is 4. The normalized spacial score (nSPS) is 19.4. The Morgan fingerprint density at radius 2 is 2.22 bits per heavy atom. The second-order valence-electron chi connectivity index (χ2n) is 7.15. The summed E-state index contributed by atoms with van der Waals surface area (Å²) in [5.41, 5.74) is 0. The van der Waals surface area contributed by atoms with Crippen LogP contribution in [0, 0.1) is 0 Å². The first-order valence-corrected chi connectivity index (χ1v) is 10.2. The molecule has 1 unspecified atom stereocenters. The quantitative estimate of drug-likeness (QED) is 0.433. The van der Waals surface area contributed by atoms with Gasteiger partial charge in [-0.25, -0.2) is 0 Å². The molecule has 1 aromatic rings. The second-order valence-corrected chi connectivity index (χ2v) is 7.15. The summed E-state index contributed by atoms with van der Waals surface area (Å²) in [7, 11) is 0. The van der Waals surface area contributed by atoms with E-state index in [0.717, 1.165) is 63.6 Å². The van der Waals surface area contributed by atoms with Gasteiger partial charge in [-0.05, 0) is 32.1 Å². The zero-order chi connectivity index (χ0) is 19.3. The van der Waals surface area contributed by atoms with E-state index in [4.69, 9.17) is 0 Å². The monoisotopic (exact) mass is 375 g/mol. The van der Waals surface area contributed by atoms with Gasteiger partial charge in [-0.1, -0.05) is 55.7 Å². The number of hydrogen-bond donors (Lipinski definition) is 2. The van der Waals surface area contributed by atoms with Gasteiger partial charge in [0.1, 0.15) is 0 Å². The van der Waals surface area contributed by atoms with Crippen LogP contribution in [-0.4, -0.2) is 55.2 Å². The first kappa shape index (κ1) is 21.3. The summed E-state index contributed by atoms with van der Waals surface area (Å²) >= 11 is 0. The second kappa shape index (κ2) is 12.4. The van der Waals surface area contributed by atoms with Crippen molar-refractivity contribution in [2.24, 2.45) is 0 Å². The van der Waals surface area contributed by atoms with Crippen LogP contribution in [0.2, 0.25) is 0 Å². The summed E-state index contributed by atoms with van der Waals surface area (Å²) in [6.07, 6.45) is 17.0. The van der Waals surface area contributed by atoms with E-state index in [1.54, 1.807) is 0 Å². The molecule has 1 amide bonds. The molecule has 0 aromatic carbocycles. The molecule has 1 aromatic heterocycles. The van der Waals surface area contributed by atoms with E-state index in [9.17, 15) is 9.90 Å². The van der Waals surface area contributed by atoms with Crippen LogP contribution in [0.1, 0.15) is 70.5 Å². The lowest BCUT2D eigenvalue weighted by Crippen LogP contribution is -2.42. The van der Waals surface area contributed by atoms with Gasteiger partial charge in [0.15, 0.2) is 5.82 Å². The van der Waals surface area contributed by atoms with Gasteiger partial charge in [0.2, 0.25) is 5.91 Å².